The molecule has 2 fully saturated rings. The first-order chi connectivity index (χ1) is 11.4. The highest BCUT2D eigenvalue weighted by atomic mass is 19.4. The molecule has 130 valence electrons. The van der Waals surface area contributed by atoms with Crippen LogP contribution in [0.4, 0.5) is 18.9 Å². The summed E-state index contributed by atoms with van der Waals surface area (Å²) < 4.78 is 56.3. The number of benzene rings is 1. The third-order valence-electron chi connectivity index (χ3n) is 4.14. The van der Waals surface area contributed by atoms with Gasteiger partial charge in [0.2, 0.25) is 0 Å². The van der Waals surface area contributed by atoms with Gasteiger partial charge in [-0.3, -0.25) is 0 Å². The molecule has 8 heteroatoms. The van der Waals surface area contributed by atoms with Crippen LogP contribution < -0.4 is 5.32 Å². The minimum absolute atomic E-state index is 0.0329. The van der Waals surface area contributed by atoms with E-state index in [0.29, 0.717) is 32.7 Å². The topological polar surface area (TPSA) is 63.5 Å². The number of halogens is 3. The molecule has 1 aromatic rings. The van der Waals surface area contributed by atoms with Gasteiger partial charge in [0.05, 0.1) is 37.0 Å². The van der Waals surface area contributed by atoms with Gasteiger partial charge in [-0.2, -0.15) is 18.4 Å². The number of ether oxygens (including phenoxy) is 3. The average Bonchev–Trinajstić information content (AvgIpc) is 2.95. The van der Waals surface area contributed by atoms with Gasteiger partial charge in [-0.05, 0) is 18.2 Å². The number of anilines is 1. The smallest absolute Gasteiger partial charge is 0.382 e. The molecule has 1 spiro atoms. The van der Waals surface area contributed by atoms with Crippen LogP contribution in [0.5, 0.6) is 0 Å². The predicted octanol–water partition coefficient (Wildman–Crippen LogP) is 2.91. The van der Waals surface area contributed by atoms with Crippen molar-refractivity contribution in [2.45, 2.75) is 30.9 Å². The molecule has 1 N–H and O–H groups in total. The Hall–Kier alpha value is -1.82. The van der Waals surface area contributed by atoms with Gasteiger partial charge in [0.25, 0.3) is 0 Å². The lowest BCUT2D eigenvalue weighted by molar-refractivity contribution is -0.209. The summed E-state index contributed by atoms with van der Waals surface area (Å²) in [6, 6.07) is 5.18. The SMILES string of the molecule is N#Cc1ccc(NC[C@H]2COC3(CCOCC3)O2)c(C(F)(F)F)c1. The largest absolute Gasteiger partial charge is 0.418 e. The van der Waals surface area contributed by atoms with E-state index in [1.54, 1.807) is 6.07 Å². The first-order valence-electron chi connectivity index (χ1n) is 7.67. The molecule has 1 atom stereocenters. The van der Waals surface area contributed by atoms with E-state index >= 15 is 0 Å². The summed E-state index contributed by atoms with van der Waals surface area (Å²) in [5, 5.41) is 11.5. The molecule has 0 aliphatic carbocycles. The predicted molar refractivity (Wildman–Crippen MR) is 78.3 cm³/mol. The molecule has 2 heterocycles. The highest BCUT2D eigenvalue weighted by Gasteiger charge is 2.43. The fourth-order valence-corrected chi connectivity index (χ4v) is 2.89. The Balaban J connectivity index is 1.66. The van der Waals surface area contributed by atoms with E-state index in [0.717, 1.165) is 6.07 Å². The summed E-state index contributed by atoms with van der Waals surface area (Å²) >= 11 is 0. The molecule has 0 amide bonds. The van der Waals surface area contributed by atoms with Crippen molar-refractivity contribution in [3.05, 3.63) is 29.3 Å². The van der Waals surface area contributed by atoms with Gasteiger partial charge >= 0.3 is 6.18 Å². The summed E-state index contributed by atoms with van der Waals surface area (Å²) in [5.74, 6) is -0.665. The fourth-order valence-electron chi connectivity index (χ4n) is 2.89. The molecular formula is C16H17F3N2O3. The summed E-state index contributed by atoms with van der Waals surface area (Å²) in [5.41, 5.74) is -0.964. The van der Waals surface area contributed by atoms with E-state index in [2.05, 4.69) is 5.32 Å². The second kappa shape index (κ2) is 6.59. The number of rotatable bonds is 3. The molecule has 0 unspecified atom stereocenters. The zero-order valence-electron chi connectivity index (χ0n) is 12.9. The second-order valence-electron chi connectivity index (χ2n) is 5.82. The van der Waals surface area contributed by atoms with Gasteiger partial charge in [0.15, 0.2) is 5.79 Å². The Labute approximate surface area is 137 Å². The van der Waals surface area contributed by atoms with Crippen LogP contribution in [0.3, 0.4) is 0 Å². The van der Waals surface area contributed by atoms with Gasteiger partial charge in [0.1, 0.15) is 6.10 Å². The van der Waals surface area contributed by atoms with E-state index < -0.39 is 17.5 Å². The Morgan fingerprint density at radius 3 is 2.71 bits per heavy atom. The number of hydrogen-bond donors (Lipinski definition) is 1. The molecule has 24 heavy (non-hydrogen) atoms. The Kier molecular flexibility index (Phi) is 4.67. The first-order valence-corrected chi connectivity index (χ1v) is 7.67. The van der Waals surface area contributed by atoms with Crippen molar-refractivity contribution < 1.29 is 27.4 Å². The molecule has 3 rings (SSSR count). The van der Waals surface area contributed by atoms with Gasteiger partial charge < -0.3 is 19.5 Å². The summed E-state index contributed by atoms with van der Waals surface area (Å²) in [7, 11) is 0. The van der Waals surface area contributed by atoms with Crippen molar-refractivity contribution in [3.63, 3.8) is 0 Å². The highest BCUT2D eigenvalue weighted by Crippen LogP contribution is 2.36. The first kappa shape index (κ1) is 17.0. The molecule has 0 radical (unpaired) electrons. The van der Waals surface area contributed by atoms with Crippen molar-refractivity contribution in [2.24, 2.45) is 0 Å². The quantitative estimate of drug-likeness (QED) is 0.915. The van der Waals surface area contributed by atoms with Crippen molar-refractivity contribution in [1.29, 1.82) is 5.26 Å². The molecule has 2 saturated heterocycles. The third-order valence-corrected chi connectivity index (χ3v) is 4.14. The van der Waals surface area contributed by atoms with Crippen LogP contribution in [-0.2, 0) is 20.4 Å². The molecule has 1 aromatic carbocycles. The number of nitriles is 1. The van der Waals surface area contributed by atoms with Gasteiger partial charge in [-0.1, -0.05) is 0 Å². The fraction of sp³-hybridized carbons (Fsp3) is 0.562. The molecular weight excluding hydrogens is 325 g/mol. The van der Waals surface area contributed by atoms with Crippen LogP contribution >= 0.6 is 0 Å². The normalized spacial score (nSPS) is 23.2. The molecule has 0 saturated carbocycles. The van der Waals surface area contributed by atoms with Crippen molar-refractivity contribution in [1.82, 2.24) is 0 Å². The van der Waals surface area contributed by atoms with Crippen molar-refractivity contribution in [3.8, 4) is 6.07 Å². The third kappa shape index (κ3) is 3.64. The molecule has 0 aromatic heterocycles. The Bertz CT molecular complexity index is 636. The lowest BCUT2D eigenvalue weighted by Gasteiger charge is -2.31. The van der Waals surface area contributed by atoms with Crippen LogP contribution in [0.1, 0.15) is 24.0 Å². The average molecular weight is 342 g/mol. The van der Waals surface area contributed by atoms with Crippen LogP contribution in [0.15, 0.2) is 18.2 Å². The van der Waals surface area contributed by atoms with Crippen molar-refractivity contribution >= 4 is 5.69 Å². The Morgan fingerprint density at radius 1 is 1.29 bits per heavy atom. The van der Waals surface area contributed by atoms with Crippen LogP contribution in [0.2, 0.25) is 0 Å². The van der Waals surface area contributed by atoms with Crippen LogP contribution in [0, 0.1) is 11.3 Å². The molecule has 2 aliphatic heterocycles. The summed E-state index contributed by atoms with van der Waals surface area (Å²) in [6.45, 7) is 1.62. The highest BCUT2D eigenvalue weighted by molar-refractivity contribution is 5.56. The maximum absolute atomic E-state index is 13.1. The number of alkyl halides is 3. The minimum atomic E-state index is -4.54. The minimum Gasteiger partial charge on any atom is -0.382 e. The standard InChI is InChI=1S/C16H17F3N2O3/c17-16(18,19)13-7-11(8-20)1-2-14(13)21-9-12-10-23-15(24-12)3-5-22-6-4-15/h1-2,7,12,21H,3-6,9-10H2/t12-/m0/s1. The maximum atomic E-state index is 13.1. The molecule has 0 bridgehead atoms. The van der Waals surface area contributed by atoms with E-state index in [1.807, 2.05) is 0 Å². The van der Waals surface area contributed by atoms with Gasteiger partial charge in [0, 0.05) is 25.1 Å². The van der Waals surface area contributed by atoms with Crippen LogP contribution in [-0.4, -0.2) is 38.3 Å². The van der Waals surface area contributed by atoms with Crippen molar-refractivity contribution in [2.75, 3.05) is 31.7 Å². The number of nitrogens with one attached hydrogen (secondary N) is 1. The monoisotopic (exact) mass is 342 g/mol. The van der Waals surface area contributed by atoms with E-state index in [4.69, 9.17) is 19.5 Å². The van der Waals surface area contributed by atoms with Gasteiger partial charge in [-0.15, -0.1) is 0 Å². The zero-order valence-corrected chi connectivity index (χ0v) is 12.9. The van der Waals surface area contributed by atoms with E-state index in [1.165, 1.54) is 12.1 Å². The Morgan fingerprint density at radius 2 is 2.04 bits per heavy atom. The number of hydrogen-bond acceptors (Lipinski definition) is 5. The zero-order chi connectivity index (χ0) is 17.2. The maximum Gasteiger partial charge on any atom is 0.418 e. The van der Waals surface area contributed by atoms with E-state index in [9.17, 15) is 13.2 Å². The summed E-state index contributed by atoms with van der Waals surface area (Å²) in [6.07, 6.45) is -3.63. The number of nitrogens with zero attached hydrogens (tertiary/aromatic N) is 1. The van der Waals surface area contributed by atoms with E-state index in [-0.39, 0.29) is 23.9 Å². The van der Waals surface area contributed by atoms with Gasteiger partial charge in [-0.25, -0.2) is 0 Å². The molecule has 2 aliphatic rings. The molecule has 5 nitrogen and oxygen atoms in total. The van der Waals surface area contributed by atoms with Crippen LogP contribution in [0.25, 0.3) is 0 Å². The lowest BCUT2D eigenvalue weighted by atomic mass is 10.1. The lowest BCUT2D eigenvalue weighted by Crippen LogP contribution is -2.38. The summed E-state index contributed by atoms with van der Waals surface area (Å²) in [4.78, 5) is 0. The second-order valence-corrected chi connectivity index (χ2v) is 5.82.